The fraction of sp³-hybridized carbons (Fsp3) is 0.333. The van der Waals surface area contributed by atoms with Crippen molar-refractivity contribution in [3.05, 3.63) is 57.1 Å². The van der Waals surface area contributed by atoms with E-state index < -0.39 is 0 Å². The second-order valence-electron chi connectivity index (χ2n) is 4.33. The lowest BCUT2D eigenvalue weighted by Gasteiger charge is -2.13. The quantitative estimate of drug-likeness (QED) is 0.822. The second kappa shape index (κ2) is 6.38. The first-order chi connectivity index (χ1) is 8.72. The van der Waals surface area contributed by atoms with Gasteiger partial charge in [0.15, 0.2) is 0 Å². The van der Waals surface area contributed by atoms with Gasteiger partial charge in [-0.3, -0.25) is 0 Å². The number of likely N-dealkylation sites (N-methyl/N-ethyl adjacent to an activating group) is 1. The minimum Gasteiger partial charge on any atom is -0.464 e. The van der Waals surface area contributed by atoms with Crippen LogP contribution in [0.25, 0.3) is 0 Å². The molecule has 1 heterocycles. The van der Waals surface area contributed by atoms with Gasteiger partial charge in [0, 0.05) is 9.99 Å². The molecule has 1 aromatic heterocycles. The smallest absolute Gasteiger partial charge is 0.121 e. The van der Waals surface area contributed by atoms with E-state index in [2.05, 4.69) is 71.2 Å². The molecule has 1 N–H and O–H groups in total. The van der Waals surface area contributed by atoms with E-state index in [1.807, 2.05) is 7.05 Å². The summed E-state index contributed by atoms with van der Waals surface area (Å²) in [5.74, 6) is 2.07. The Kier molecular flexibility index (Phi) is 4.83. The number of nitrogens with one attached hydrogen (secondary N) is 1. The summed E-state index contributed by atoms with van der Waals surface area (Å²) >= 11 is 2.33. The van der Waals surface area contributed by atoms with Crippen molar-refractivity contribution < 1.29 is 4.42 Å². The molecule has 0 saturated heterocycles. The van der Waals surface area contributed by atoms with Crippen LogP contribution < -0.4 is 5.32 Å². The molecular weight excluding hydrogens is 337 g/mol. The van der Waals surface area contributed by atoms with Crippen molar-refractivity contribution in [3.8, 4) is 0 Å². The molecule has 96 valence electrons. The molecular formula is C15H18INO. The maximum absolute atomic E-state index is 5.82. The summed E-state index contributed by atoms with van der Waals surface area (Å²) in [5.41, 5.74) is 1.32. The minimum absolute atomic E-state index is 0.241. The topological polar surface area (TPSA) is 25.2 Å². The number of aryl methyl sites for hydroxylation is 1. The van der Waals surface area contributed by atoms with Crippen LogP contribution in [0.2, 0.25) is 0 Å². The molecule has 0 aliphatic rings. The van der Waals surface area contributed by atoms with Gasteiger partial charge in [0.1, 0.15) is 11.5 Å². The van der Waals surface area contributed by atoms with Gasteiger partial charge in [-0.1, -0.05) is 19.1 Å². The number of hydrogen-bond donors (Lipinski definition) is 1. The van der Waals surface area contributed by atoms with E-state index >= 15 is 0 Å². The van der Waals surface area contributed by atoms with E-state index in [9.17, 15) is 0 Å². The Bertz CT molecular complexity index is 489. The molecule has 0 spiro atoms. The van der Waals surface area contributed by atoms with Gasteiger partial charge >= 0.3 is 0 Å². The van der Waals surface area contributed by atoms with E-state index in [-0.39, 0.29) is 6.04 Å². The molecule has 2 aromatic rings. The largest absolute Gasteiger partial charge is 0.464 e. The number of halogens is 1. The molecule has 1 unspecified atom stereocenters. The van der Waals surface area contributed by atoms with Gasteiger partial charge in [-0.25, -0.2) is 0 Å². The molecule has 0 aliphatic heterocycles. The van der Waals surface area contributed by atoms with E-state index in [0.717, 1.165) is 24.4 Å². The van der Waals surface area contributed by atoms with Crippen molar-refractivity contribution in [2.45, 2.75) is 25.8 Å². The van der Waals surface area contributed by atoms with Gasteiger partial charge in [-0.05, 0) is 65.9 Å². The summed E-state index contributed by atoms with van der Waals surface area (Å²) in [5, 5.41) is 3.32. The highest BCUT2D eigenvalue weighted by Crippen LogP contribution is 2.21. The van der Waals surface area contributed by atoms with Gasteiger partial charge in [-0.2, -0.15) is 0 Å². The summed E-state index contributed by atoms with van der Waals surface area (Å²) in [6, 6.07) is 13.0. The van der Waals surface area contributed by atoms with Gasteiger partial charge < -0.3 is 9.73 Å². The summed E-state index contributed by atoms with van der Waals surface area (Å²) in [6.45, 7) is 2.11. The molecule has 0 amide bonds. The van der Waals surface area contributed by atoms with Crippen LogP contribution in [0.1, 0.15) is 30.0 Å². The van der Waals surface area contributed by atoms with E-state index in [0.29, 0.717) is 0 Å². The summed E-state index contributed by atoms with van der Waals surface area (Å²) in [6.07, 6.45) is 1.89. The van der Waals surface area contributed by atoms with Crippen LogP contribution in [0, 0.1) is 3.57 Å². The van der Waals surface area contributed by atoms with Gasteiger partial charge in [-0.15, -0.1) is 0 Å². The van der Waals surface area contributed by atoms with Crippen molar-refractivity contribution >= 4 is 22.6 Å². The first-order valence-corrected chi connectivity index (χ1v) is 7.31. The summed E-state index contributed by atoms with van der Waals surface area (Å²) < 4.78 is 7.09. The van der Waals surface area contributed by atoms with E-state index in [4.69, 9.17) is 4.42 Å². The first kappa shape index (κ1) is 13.6. The average Bonchev–Trinajstić information content (AvgIpc) is 2.87. The van der Waals surface area contributed by atoms with E-state index in [1.165, 1.54) is 9.13 Å². The van der Waals surface area contributed by atoms with Crippen LogP contribution >= 0.6 is 22.6 Å². The van der Waals surface area contributed by atoms with Crippen LogP contribution in [0.5, 0.6) is 0 Å². The number of benzene rings is 1. The molecule has 2 nitrogen and oxygen atoms in total. The molecule has 2 rings (SSSR count). The van der Waals surface area contributed by atoms with Crippen LogP contribution in [0.15, 0.2) is 40.8 Å². The highest BCUT2D eigenvalue weighted by molar-refractivity contribution is 14.1. The average molecular weight is 355 g/mol. The standard InChI is InChI=1S/C15H18INO/c1-3-13-8-9-15(18-13)14(17-2)10-11-4-6-12(16)7-5-11/h4-9,14,17H,3,10H2,1-2H3. The van der Waals surface area contributed by atoms with Crippen LogP contribution in [0.3, 0.4) is 0 Å². The normalized spacial score (nSPS) is 12.6. The SMILES string of the molecule is CCc1ccc(C(Cc2ccc(I)cc2)NC)o1. The Morgan fingerprint density at radius 3 is 2.44 bits per heavy atom. The molecule has 0 bridgehead atoms. The van der Waals surface area contributed by atoms with Gasteiger partial charge in [0.2, 0.25) is 0 Å². The number of furan rings is 1. The second-order valence-corrected chi connectivity index (χ2v) is 5.58. The third-order valence-corrected chi connectivity index (χ3v) is 3.80. The lowest BCUT2D eigenvalue weighted by Crippen LogP contribution is -2.18. The predicted molar refractivity (Wildman–Crippen MR) is 82.7 cm³/mol. The minimum atomic E-state index is 0.241. The van der Waals surface area contributed by atoms with Crippen molar-refractivity contribution in [3.63, 3.8) is 0 Å². The van der Waals surface area contributed by atoms with Crippen LogP contribution in [-0.2, 0) is 12.8 Å². The monoisotopic (exact) mass is 355 g/mol. The van der Waals surface area contributed by atoms with Crippen LogP contribution in [-0.4, -0.2) is 7.05 Å². The van der Waals surface area contributed by atoms with E-state index in [1.54, 1.807) is 0 Å². The Labute approximate surface area is 122 Å². The Hall–Kier alpha value is -0.810. The Morgan fingerprint density at radius 2 is 1.89 bits per heavy atom. The van der Waals surface area contributed by atoms with Crippen molar-refractivity contribution in [2.75, 3.05) is 7.05 Å². The van der Waals surface area contributed by atoms with Crippen LogP contribution in [0.4, 0.5) is 0 Å². The Balaban J connectivity index is 2.11. The maximum atomic E-state index is 5.82. The molecule has 0 fully saturated rings. The predicted octanol–water partition coefficient (Wildman–Crippen LogP) is 3.95. The lowest BCUT2D eigenvalue weighted by molar-refractivity contribution is 0.407. The zero-order chi connectivity index (χ0) is 13.0. The fourth-order valence-electron chi connectivity index (χ4n) is 1.97. The lowest BCUT2D eigenvalue weighted by atomic mass is 10.0. The zero-order valence-corrected chi connectivity index (χ0v) is 12.9. The highest BCUT2D eigenvalue weighted by Gasteiger charge is 2.14. The first-order valence-electron chi connectivity index (χ1n) is 6.23. The molecule has 3 heteroatoms. The fourth-order valence-corrected chi connectivity index (χ4v) is 2.33. The van der Waals surface area contributed by atoms with Crippen molar-refractivity contribution in [1.29, 1.82) is 0 Å². The van der Waals surface area contributed by atoms with Crippen molar-refractivity contribution in [2.24, 2.45) is 0 Å². The summed E-state index contributed by atoms with van der Waals surface area (Å²) in [7, 11) is 1.98. The Morgan fingerprint density at radius 1 is 1.17 bits per heavy atom. The zero-order valence-electron chi connectivity index (χ0n) is 10.7. The molecule has 0 saturated carbocycles. The van der Waals surface area contributed by atoms with Gasteiger partial charge in [0.25, 0.3) is 0 Å². The molecule has 0 aliphatic carbocycles. The molecule has 1 aromatic carbocycles. The van der Waals surface area contributed by atoms with Crippen molar-refractivity contribution in [1.82, 2.24) is 5.32 Å². The third-order valence-electron chi connectivity index (χ3n) is 3.08. The summed E-state index contributed by atoms with van der Waals surface area (Å²) in [4.78, 5) is 0. The number of hydrogen-bond acceptors (Lipinski definition) is 2. The number of rotatable bonds is 5. The molecule has 18 heavy (non-hydrogen) atoms. The van der Waals surface area contributed by atoms with Gasteiger partial charge in [0.05, 0.1) is 6.04 Å². The molecule has 0 radical (unpaired) electrons. The molecule has 1 atom stereocenters. The third kappa shape index (κ3) is 3.36. The highest BCUT2D eigenvalue weighted by atomic mass is 127. The maximum Gasteiger partial charge on any atom is 0.121 e.